The molecule has 30 heavy (non-hydrogen) atoms. The lowest BCUT2D eigenvalue weighted by atomic mass is 10.2. The predicted molar refractivity (Wildman–Crippen MR) is 121 cm³/mol. The van der Waals surface area contributed by atoms with Gasteiger partial charge in [-0.3, -0.25) is 19.2 Å². The van der Waals surface area contributed by atoms with Gasteiger partial charge in [0.05, 0.1) is 24.0 Å². The molecule has 0 aliphatic heterocycles. The minimum Gasteiger partial charge on any atom is -0.287 e. The first kappa shape index (κ1) is 19.7. The van der Waals surface area contributed by atoms with Gasteiger partial charge in [0.2, 0.25) is 11.3 Å². The molecular formula is C23H20N4O2S. The van der Waals surface area contributed by atoms with Gasteiger partial charge >= 0.3 is 0 Å². The fourth-order valence-corrected chi connectivity index (χ4v) is 4.08. The Labute approximate surface area is 177 Å². The lowest BCUT2D eigenvalue weighted by Gasteiger charge is -2.18. The van der Waals surface area contributed by atoms with Crippen molar-refractivity contribution in [2.75, 3.05) is 11.4 Å². The molecule has 0 radical (unpaired) electrons. The van der Waals surface area contributed by atoms with E-state index < -0.39 is 0 Å². The quantitative estimate of drug-likeness (QED) is 0.425. The number of para-hydroxylation sites is 1. The Balaban J connectivity index is 1.54. The molecular weight excluding hydrogens is 396 g/mol. The first-order valence-corrected chi connectivity index (χ1v) is 10.4. The minimum atomic E-state index is -0.127. The smallest absolute Gasteiger partial charge is 0.230 e. The highest BCUT2D eigenvalue weighted by molar-refractivity contribution is 7.14. The Kier molecular flexibility index (Phi) is 5.81. The Morgan fingerprint density at radius 1 is 1.13 bits per heavy atom. The number of hydrogen-bond acceptors (Lipinski definition) is 5. The molecule has 2 heterocycles. The van der Waals surface area contributed by atoms with Crippen molar-refractivity contribution in [3.63, 3.8) is 0 Å². The molecule has 2 aromatic heterocycles. The van der Waals surface area contributed by atoms with Crippen LogP contribution in [0, 0.1) is 0 Å². The number of fused-ring (bicyclic) bond motifs is 1. The van der Waals surface area contributed by atoms with E-state index in [1.54, 1.807) is 21.7 Å². The molecule has 150 valence electrons. The van der Waals surface area contributed by atoms with E-state index in [2.05, 4.69) is 16.7 Å². The molecule has 4 aromatic rings. The molecule has 0 N–H and O–H groups in total. The molecule has 0 atom stereocenters. The van der Waals surface area contributed by atoms with Crippen LogP contribution in [0.3, 0.4) is 0 Å². The van der Waals surface area contributed by atoms with Gasteiger partial charge in [-0.05, 0) is 12.1 Å². The molecule has 0 aliphatic carbocycles. The monoisotopic (exact) mass is 416 g/mol. The van der Waals surface area contributed by atoms with Crippen LogP contribution in [0.25, 0.3) is 22.2 Å². The topological polar surface area (TPSA) is 68.1 Å². The number of carbonyl (C=O) groups excluding carboxylic acids is 1. The van der Waals surface area contributed by atoms with Crippen LogP contribution in [0.2, 0.25) is 0 Å². The van der Waals surface area contributed by atoms with Crippen molar-refractivity contribution in [2.24, 2.45) is 0 Å². The fourth-order valence-electron chi connectivity index (χ4n) is 3.22. The van der Waals surface area contributed by atoms with Crippen molar-refractivity contribution >= 4 is 33.3 Å². The van der Waals surface area contributed by atoms with E-state index in [4.69, 9.17) is 0 Å². The highest BCUT2D eigenvalue weighted by atomic mass is 32.1. The lowest BCUT2D eigenvalue weighted by molar-refractivity contribution is -0.118. The molecule has 1 amide bonds. The average molecular weight is 417 g/mol. The fraction of sp³-hybridized carbons (Fsp3) is 0.130. The van der Waals surface area contributed by atoms with Crippen LogP contribution in [0.5, 0.6) is 0 Å². The number of amides is 1. The summed E-state index contributed by atoms with van der Waals surface area (Å²) in [6.07, 6.45) is 3.21. The third-order valence-corrected chi connectivity index (χ3v) is 5.57. The largest absolute Gasteiger partial charge is 0.287 e. The van der Waals surface area contributed by atoms with E-state index in [0.29, 0.717) is 29.1 Å². The number of anilines is 1. The zero-order chi connectivity index (χ0) is 20.9. The maximum Gasteiger partial charge on any atom is 0.230 e. The van der Waals surface area contributed by atoms with Gasteiger partial charge in [-0.2, -0.15) is 5.10 Å². The molecule has 0 aliphatic rings. The summed E-state index contributed by atoms with van der Waals surface area (Å²) in [5.41, 5.74) is 2.44. The summed E-state index contributed by atoms with van der Waals surface area (Å²) < 4.78 is 1.69. The first-order chi connectivity index (χ1) is 14.7. The summed E-state index contributed by atoms with van der Waals surface area (Å²) in [6, 6.07) is 17.1. The summed E-state index contributed by atoms with van der Waals surface area (Å²) in [5.74, 6) is -0.0755. The second-order valence-corrected chi connectivity index (χ2v) is 7.51. The maximum absolute atomic E-state index is 13.0. The van der Waals surface area contributed by atoms with Crippen molar-refractivity contribution in [2.45, 2.75) is 13.0 Å². The summed E-state index contributed by atoms with van der Waals surface area (Å²) in [6.45, 7) is 4.51. The number of aryl methyl sites for hydroxylation is 1. The standard InChI is InChI=1S/C23H20N4O2S/c1-2-13-26(23-25-19(16-30-23)17-8-4-3-5-9-17)22(29)12-14-27-20-11-7-6-10-18(20)21(28)15-24-27/h2-11,15-16H,1,12-14H2. The molecule has 2 aromatic carbocycles. The van der Waals surface area contributed by atoms with Gasteiger partial charge in [-0.25, -0.2) is 4.98 Å². The SMILES string of the molecule is C=CCN(C(=O)CCn1ncc(=O)c2ccccc21)c1nc(-c2ccccc2)cs1. The van der Waals surface area contributed by atoms with Crippen molar-refractivity contribution in [3.05, 3.63) is 89.1 Å². The Hall–Kier alpha value is -3.58. The third kappa shape index (κ3) is 4.06. The molecule has 0 unspecified atom stereocenters. The van der Waals surface area contributed by atoms with Gasteiger partial charge in [-0.15, -0.1) is 17.9 Å². The lowest BCUT2D eigenvalue weighted by Crippen LogP contribution is -2.32. The summed E-state index contributed by atoms with van der Waals surface area (Å²) in [7, 11) is 0. The van der Waals surface area contributed by atoms with Crippen LogP contribution < -0.4 is 10.3 Å². The normalized spacial score (nSPS) is 10.8. The Bertz CT molecular complexity index is 1250. The minimum absolute atomic E-state index is 0.0755. The summed E-state index contributed by atoms with van der Waals surface area (Å²) >= 11 is 1.43. The highest BCUT2D eigenvalue weighted by Crippen LogP contribution is 2.27. The Morgan fingerprint density at radius 2 is 1.90 bits per heavy atom. The maximum atomic E-state index is 13.0. The number of hydrogen-bond donors (Lipinski definition) is 0. The van der Waals surface area contributed by atoms with Gasteiger partial charge in [0.15, 0.2) is 5.13 Å². The number of aromatic nitrogens is 3. The number of benzene rings is 2. The number of rotatable bonds is 7. The average Bonchev–Trinajstić information content (AvgIpc) is 3.27. The highest BCUT2D eigenvalue weighted by Gasteiger charge is 2.19. The van der Waals surface area contributed by atoms with Crippen LogP contribution in [0.15, 0.2) is 83.6 Å². The number of nitrogens with zero attached hydrogens (tertiary/aromatic N) is 4. The second-order valence-electron chi connectivity index (χ2n) is 6.67. The van der Waals surface area contributed by atoms with Crippen LogP contribution in [-0.4, -0.2) is 27.2 Å². The van der Waals surface area contributed by atoms with Crippen molar-refractivity contribution in [3.8, 4) is 11.3 Å². The molecule has 7 heteroatoms. The molecule has 6 nitrogen and oxygen atoms in total. The first-order valence-electron chi connectivity index (χ1n) is 9.54. The van der Waals surface area contributed by atoms with Gasteiger partial charge in [0, 0.05) is 29.3 Å². The van der Waals surface area contributed by atoms with Crippen LogP contribution in [0.4, 0.5) is 5.13 Å². The summed E-state index contributed by atoms with van der Waals surface area (Å²) in [5, 5.41) is 7.38. The zero-order valence-corrected chi connectivity index (χ0v) is 17.1. The van der Waals surface area contributed by atoms with Gasteiger partial charge < -0.3 is 0 Å². The molecule has 0 saturated heterocycles. The molecule has 0 saturated carbocycles. The number of thiazole rings is 1. The predicted octanol–water partition coefficient (Wildman–Crippen LogP) is 4.13. The van der Waals surface area contributed by atoms with E-state index in [1.165, 1.54) is 17.5 Å². The van der Waals surface area contributed by atoms with Crippen molar-refractivity contribution in [1.29, 1.82) is 0 Å². The summed E-state index contributed by atoms with van der Waals surface area (Å²) in [4.78, 5) is 31.3. The van der Waals surface area contributed by atoms with E-state index in [9.17, 15) is 9.59 Å². The second kappa shape index (κ2) is 8.84. The number of carbonyl (C=O) groups is 1. The molecule has 0 fully saturated rings. The molecule has 0 bridgehead atoms. The molecule has 4 rings (SSSR count). The van der Waals surface area contributed by atoms with Crippen LogP contribution in [0.1, 0.15) is 6.42 Å². The van der Waals surface area contributed by atoms with Gasteiger partial charge in [0.25, 0.3) is 0 Å². The van der Waals surface area contributed by atoms with Gasteiger partial charge in [-0.1, -0.05) is 48.5 Å². The zero-order valence-electron chi connectivity index (χ0n) is 16.3. The van der Waals surface area contributed by atoms with E-state index >= 15 is 0 Å². The van der Waals surface area contributed by atoms with E-state index in [0.717, 1.165) is 11.3 Å². The molecule has 0 spiro atoms. The van der Waals surface area contributed by atoms with Crippen molar-refractivity contribution < 1.29 is 4.79 Å². The van der Waals surface area contributed by atoms with Crippen LogP contribution >= 0.6 is 11.3 Å². The third-order valence-electron chi connectivity index (χ3n) is 4.70. The Morgan fingerprint density at radius 3 is 2.70 bits per heavy atom. The van der Waals surface area contributed by atoms with E-state index in [1.807, 2.05) is 53.9 Å². The van der Waals surface area contributed by atoms with Crippen LogP contribution in [-0.2, 0) is 11.3 Å². The van der Waals surface area contributed by atoms with Gasteiger partial charge in [0.1, 0.15) is 0 Å². The van der Waals surface area contributed by atoms with E-state index in [-0.39, 0.29) is 17.8 Å². The van der Waals surface area contributed by atoms with Crippen molar-refractivity contribution in [1.82, 2.24) is 14.8 Å².